The van der Waals surface area contributed by atoms with Crippen LogP contribution in [0.3, 0.4) is 0 Å². The summed E-state index contributed by atoms with van der Waals surface area (Å²) in [4.78, 5) is 5.71. The summed E-state index contributed by atoms with van der Waals surface area (Å²) in [6.07, 6.45) is 4.29. The fourth-order valence-corrected chi connectivity index (χ4v) is 2.87. The van der Waals surface area contributed by atoms with Crippen molar-refractivity contribution in [3.8, 4) is 0 Å². The van der Waals surface area contributed by atoms with Crippen LogP contribution in [0.4, 0.5) is 0 Å². The number of nitrogens with zero attached hydrogens (tertiary/aromatic N) is 1. The Labute approximate surface area is 102 Å². The molecular weight excluding hydrogens is 210 g/mol. The summed E-state index contributed by atoms with van der Waals surface area (Å²) >= 11 is 0. The maximum Gasteiger partial charge on any atom is 0.0456 e. The maximum atomic E-state index is 6.18. The lowest BCUT2D eigenvalue weighted by Crippen LogP contribution is -2.38. The molecule has 0 bridgehead atoms. The molecule has 1 aromatic heterocycles. The number of nitrogens with one attached hydrogen (secondary N) is 1. The van der Waals surface area contributed by atoms with Crippen molar-refractivity contribution in [2.75, 3.05) is 13.6 Å². The fourth-order valence-electron chi connectivity index (χ4n) is 2.87. The highest BCUT2D eigenvalue weighted by Crippen LogP contribution is 2.23. The number of hydrogen-bond donors (Lipinski definition) is 2. The van der Waals surface area contributed by atoms with Crippen molar-refractivity contribution >= 4 is 10.9 Å². The van der Waals surface area contributed by atoms with Crippen molar-refractivity contribution in [2.24, 2.45) is 5.73 Å². The highest BCUT2D eigenvalue weighted by molar-refractivity contribution is 5.83. The minimum absolute atomic E-state index is 0.314. The summed E-state index contributed by atoms with van der Waals surface area (Å²) in [5.41, 5.74) is 8.78. The molecule has 1 aliphatic rings. The number of H-pyrrole nitrogens is 1. The Bertz CT molecular complexity index is 507. The van der Waals surface area contributed by atoms with Gasteiger partial charge in [-0.25, -0.2) is 0 Å². The van der Waals surface area contributed by atoms with Gasteiger partial charge in [-0.05, 0) is 38.1 Å². The smallest absolute Gasteiger partial charge is 0.0456 e. The van der Waals surface area contributed by atoms with E-state index in [4.69, 9.17) is 5.73 Å². The molecule has 0 amide bonds. The molecule has 1 aromatic carbocycles. The number of fused-ring (bicyclic) bond motifs is 1. The van der Waals surface area contributed by atoms with Gasteiger partial charge in [-0.15, -0.1) is 0 Å². The lowest BCUT2D eigenvalue weighted by molar-refractivity contribution is 0.296. The summed E-state index contributed by atoms with van der Waals surface area (Å²) < 4.78 is 0. The zero-order valence-electron chi connectivity index (χ0n) is 10.2. The molecular formula is C14H19N3. The van der Waals surface area contributed by atoms with E-state index < -0.39 is 0 Å². The highest BCUT2D eigenvalue weighted by Gasteiger charge is 2.29. The number of likely N-dealkylation sites (tertiary alicyclic amines) is 1. The Kier molecular flexibility index (Phi) is 2.65. The molecule has 0 radical (unpaired) electrons. The first-order chi connectivity index (χ1) is 8.25. The second-order valence-corrected chi connectivity index (χ2v) is 5.06. The molecule has 0 spiro atoms. The molecule has 1 saturated heterocycles. The normalized spacial score (nSPS) is 25.8. The second kappa shape index (κ2) is 4.17. The van der Waals surface area contributed by atoms with Crippen LogP contribution in [0.1, 0.15) is 12.0 Å². The Hall–Kier alpha value is -1.32. The molecule has 2 aromatic rings. The van der Waals surface area contributed by atoms with E-state index in [0.717, 1.165) is 19.4 Å². The first-order valence-electron chi connectivity index (χ1n) is 6.26. The van der Waals surface area contributed by atoms with Crippen molar-refractivity contribution < 1.29 is 0 Å². The van der Waals surface area contributed by atoms with Gasteiger partial charge in [0.1, 0.15) is 0 Å². The average molecular weight is 229 g/mol. The van der Waals surface area contributed by atoms with Crippen molar-refractivity contribution in [3.05, 3.63) is 36.0 Å². The Morgan fingerprint density at radius 2 is 2.24 bits per heavy atom. The van der Waals surface area contributed by atoms with Gasteiger partial charge in [0.2, 0.25) is 0 Å². The van der Waals surface area contributed by atoms with Gasteiger partial charge in [0.15, 0.2) is 0 Å². The van der Waals surface area contributed by atoms with Crippen LogP contribution in [0.15, 0.2) is 30.5 Å². The molecule has 0 aliphatic carbocycles. The monoisotopic (exact) mass is 229 g/mol. The number of aromatic nitrogens is 1. The van der Waals surface area contributed by atoms with Gasteiger partial charge in [0.25, 0.3) is 0 Å². The van der Waals surface area contributed by atoms with E-state index in [-0.39, 0.29) is 0 Å². The molecule has 17 heavy (non-hydrogen) atoms. The van der Waals surface area contributed by atoms with Crippen LogP contribution in [-0.4, -0.2) is 35.6 Å². The third kappa shape index (κ3) is 1.85. The van der Waals surface area contributed by atoms with Crippen molar-refractivity contribution in [3.63, 3.8) is 0 Å². The molecule has 3 nitrogen and oxygen atoms in total. The van der Waals surface area contributed by atoms with Crippen LogP contribution in [0, 0.1) is 0 Å². The van der Waals surface area contributed by atoms with Crippen LogP contribution in [0.2, 0.25) is 0 Å². The third-order valence-electron chi connectivity index (χ3n) is 3.98. The summed E-state index contributed by atoms with van der Waals surface area (Å²) in [6.45, 7) is 1.12. The van der Waals surface area contributed by atoms with Gasteiger partial charge >= 0.3 is 0 Å². The van der Waals surface area contributed by atoms with Crippen LogP contribution in [-0.2, 0) is 6.42 Å². The largest absolute Gasteiger partial charge is 0.361 e. The SMILES string of the molecule is CN1CCC(N)[C@@H]1Cc1c[nH]c2ccccc12. The Morgan fingerprint density at radius 3 is 3.00 bits per heavy atom. The van der Waals surface area contributed by atoms with E-state index in [1.807, 2.05) is 0 Å². The van der Waals surface area contributed by atoms with Crippen LogP contribution < -0.4 is 5.73 Å². The number of aromatic amines is 1. The van der Waals surface area contributed by atoms with Gasteiger partial charge in [-0.2, -0.15) is 0 Å². The number of rotatable bonds is 2. The lowest BCUT2D eigenvalue weighted by atomic mass is 10.0. The van der Waals surface area contributed by atoms with E-state index >= 15 is 0 Å². The summed E-state index contributed by atoms with van der Waals surface area (Å²) in [6, 6.07) is 9.26. The molecule has 1 fully saturated rings. The minimum atomic E-state index is 0.314. The molecule has 2 heterocycles. The first kappa shape index (κ1) is 10.8. The van der Waals surface area contributed by atoms with E-state index in [0.29, 0.717) is 12.1 Å². The zero-order valence-corrected chi connectivity index (χ0v) is 10.2. The molecule has 90 valence electrons. The summed E-state index contributed by atoms with van der Waals surface area (Å²) in [7, 11) is 2.17. The fraction of sp³-hybridized carbons (Fsp3) is 0.429. The van der Waals surface area contributed by atoms with Crippen molar-refractivity contribution in [1.82, 2.24) is 9.88 Å². The van der Waals surface area contributed by atoms with E-state index in [1.54, 1.807) is 0 Å². The van der Waals surface area contributed by atoms with Gasteiger partial charge in [0, 0.05) is 29.2 Å². The molecule has 0 saturated carbocycles. The highest BCUT2D eigenvalue weighted by atomic mass is 15.2. The maximum absolute atomic E-state index is 6.18. The van der Waals surface area contributed by atoms with E-state index in [1.165, 1.54) is 16.5 Å². The molecule has 3 heteroatoms. The second-order valence-electron chi connectivity index (χ2n) is 5.06. The topological polar surface area (TPSA) is 45.0 Å². The van der Waals surface area contributed by atoms with E-state index in [2.05, 4.69) is 47.4 Å². The van der Waals surface area contributed by atoms with Crippen LogP contribution in [0.25, 0.3) is 10.9 Å². The first-order valence-corrected chi connectivity index (χ1v) is 6.26. The zero-order chi connectivity index (χ0) is 11.8. The lowest BCUT2D eigenvalue weighted by Gasteiger charge is -2.22. The molecule has 1 unspecified atom stereocenters. The number of nitrogens with two attached hydrogens (primary N) is 1. The Morgan fingerprint density at radius 1 is 1.41 bits per heavy atom. The molecule has 1 aliphatic heterocycles. The number of benzene rings is 1. The Balaban J connectivity index is 1.90. The predicted molar refractivity (Wildman–Crippen MR) is 71.0 cm³/mol. The average Bonchev–Trinajstić information content (AvgIpc) is 2.88. The predicted octanol–water partition coefficient (Wildman–Crippen LogP) is 1.74. The van der Waals surface area contributed by atoms with Crippen molar-refractivity contribution in [2.45, 2.75) is 24.9 Å². The van der Waals surface area contributed by atoms with E-state index in [9.17, 15) is 0 Å². The summed E-state index contributed by atoms with van der Waals surface area (Å²) in [5, 5.41) is 1.33. The number of likely N-dealkylation sites (N-methyl/N-ethyl adjacent to an activating group) is 1. The van der Waals surface area contributed by atoms with Gasteiger partial charge in [0.05, 0.1) is 0 Å². The van der Waals surface area contributed by atoms with Gasteiger partial charge in [-0.3, -0.25) is 0 Å². The molecule has 2 atom stereocenters. The molecule has 3 N–H and O–H groups in total. The standard InChI is InChI=1S/C14H19N3/c1-17-7-6-12(15)14(17)8-10-9-16-13-5-3-2-4-11(10)13/h2-5,9,12,14,16H,6-8,15H2,1H3/t12?,14-/m0/s1. The van der Waals surface area contributed by atoms with Gasteiger partial charge in [-0.1, -0.05) is 18.2 Å². The molecule has 3 rings (SSSR count). The summed E-state index contributed by atoms with van der Waals surface area (Å²) in [5.74, 6) is 0. The quantitative estimate of drug-likeness (QED) is 0.824. The third-order valence-corrected chi connectivity index (χ3v) is 3.98. The minimum Gasteiger partial charge on any atom is -0.361 e. The van der Waals surface area contributed by atoms with Crippen molar-refractivity contribution in [1.29, 1.82) is 0 Å². The van der Waals surface area contributed by atoms with Gasteiger partial charge < -0.3 is 15.6 Å². The van der Waals surface area contributed by atoms with Crippen LogP contribution >= 0.6 is 0 Å². The number of hydrogen-bond acceptors (Lipinski definition) is 2. The van der Waals surface area contributed by atoms with Crippen LogP contribution in [0.5, 0.6) is 0 Å². The number of para-hydroxylation sites is 1.